The van der Waals surface area contributed by atoms with E-state index in [4.69, 9.17) is 0 Å². The molecule has 9 aromatic rings. The quantitative estimate of drug-likeness (QED) is 0.159. The first-order chi connectivity index (χ1) is 23.7. The molecule has 0 bridgehead atoms. The molecule has 9 rings (SSSR count). The molecule has 0 saturated heterocycles. The zero-order valence-electron chi connectivity index (χ0n) is 27.2. The molecule has 0 aromatic heterocycles. The zero-order valence-corrected chi connectivity index (χ0v) is 27.2. The van der Waals surface area contributed by atoms with Crippen LogP contribution in [0.25, 0.3) is 56.2 Å². The number of rotatable bonds is 0. The molecule has 0 spiro atoms. The molecule has 0 amide bonds. The van der Waals surface area contributed by atoms with Gasteiger partial charge in [0.25, 0.3) is 0 Å². The second kappa shape index (κ2) is 18.0. The molecule has 0 fully saturated rings. The van der Waals surface area contributed by atoms with Gasteiger partial charge in [-0.25, -0.2) is 0 Å². The van der Waals surface area contributed by atoms with E-state index in [0.29, 0.717) is 0 Å². The molecule has 0 nitrogen and oxygen atoms in total. The van der Waals surface area contributed by atoms with Crippen LogP contribution >= 0.6 is 0 Å². The van der Waals surface area contributed by atoms with Crippen molar-refractivity contribution >= 4 is 56.2 Å². The summed E-state index contributed by atoms with van der Waals surface area (Å²) < 4.78 is 0. The third kappa shape index (κ3) is 10.4. The highest BCUT2D eigenvalue weighted by atomic mass is 13.9. The van der Waals surface area contributed by atoms with Gasteiger partial charge in [-0.05, 0) is 53.5 Å². The predicted octanol–water partition coefficient (Wildman–Crippen LogP) is 11.9. The van der Waals surface area contributed by atoms with Crippen molar-refractivity contribution in [1.29, 1.82) is 0 Å². The van der Waals surface area contributed by atoms with Gasteiger partial charge in [0.15, 0.2) is 0 Å². The minimum Gasteiger partial charge on any atom is -0.0918 e. The molecule has 0 aliphatic rings. The Hall–Kier alpha value is -6.24. The highest BCUT2D eigenvalue weighted by Gasteiger charge is 1.88. The fraction of sp³-hybridized carbons (Fsp3) is 0. The maximum atomic E-state index is 3.73. The number of hydrogen-bond donors (Lipinski definition) is 0. The summed E-state index contributed by atoms with van der Waals surface area (Å²) in [5.41, 5.74) is 0. The Balaban J connectivity index is 0.000000118. The Labute approximate surface area is 284 Å². The molecular formula is C48H40. The van der Waals surface area contributed by atoms with Crippen LogP contribution in [0.5, 0.6) is 0 Å². The van der Waals surface area contributed by atoms with E-state index in [2.05, 4.69) is 207 Å². The lowest BCUT2D eigenvalue weighted by atomic mass is 10.1. The normalized spacial score (nSPS) is 9.83. The minimum atomic E-state index is 1.04. The molecule has 48 heavy (non-hydrogen) atoms. The zero-order chi connectivity index (χ0) is 33.2. The summed E-state index contributed by atoms with van der Waals surface area (Å²) >= 11 is 0. The Morgan fingerprint density at radius 3 is 0.375 bits per heavy atom. The van der Waals surface area contributed by atoms with Crippen LogP contribution in [-0.2, 0) is 0 Å². The van der Waals surface area contributed by atoms with Crippen molar-refractivity contribution in [3.8, 4) is 0 Å². The Kier molecular flexibility index (Phi) is 12.5. The monoisotopic (exact) mass is 616 g/mol. The Morgan fingerprint density at radius 2 is 0.271 bits per heavy atom. The van der Waals surface area contributed by atoms with Gasteiger partial charge >= 0.3 is 0 Å². The van der Waals surface area contributed by atoms with Gasteiger partial charge in [-0.15, -0.1) is 0 Å². The van der Waals surface area contributed by atoms with Gasteiger partial charge in [-0.3, -0.25) is 0 Å². The third-order valence-corrected chi connectivity index (χ3v) is 7.66. The van der Waals surface area contributed by atoms with E-state index < -0.39 is 0 Å². The van der Waals surface area contributed by atoms with Gasteiger partial charge in [0.2, 0.25) is 0 Å². The Morgan fingerprint density at radius 1 is 0.167 bits per heavy atom. The van der Waals surface area contributed by atoms with Gasteiger partial charge < -0.3 is 0 Å². The fourth-order valence-electron chi connectivity index (χ4n) is 5.07. The van der Waals surface area contributed by atoms with Crippen LogP contribution < -0.4 is 10.4 Å². The number of hydrogen-bond acceptors (Lipinski definition) is 0. The van der Waals surface area contributed by atoms with Crippen molar-refractivity contribution in [1.82, 2.24) is 0 Å². The van der Waals surface area contributed by atoms with Gasteiger partial charge in [0, 0.05) is 0 Å². The first kappa shape index (κ1) is 33.1. The molecule has 0 unspecified atom stereocenters. The summed E-state index contributed by atoms with van der Waals surface area (Å²) in [6.07, 6.45) is 0. The largest absolute Gasteiger partial charge is 0.0918 e. The summed E-state index contributed by atoms with van der Waals surface area (Å²) in [5, 5.41) is 12.6. The fourth-order valence-corrected chi connectivity index (χ4v) is 5.07. The number of fused-ring (bicyclic) bond motifs is 4. The van der Waals surface area contributed by atoms with E-state index >= 15 is 0 Å². The van der Waals surface area contributed by atoms with Gasteiger partial charge in [0.05, 0.1) is 0 Å². The molecule has 232 valence electrons. The molecule has 0 radical (unpaired) electrons. The molecule has 0 atom stereocenters. The summed E-state index contributed by atoms with van der Waals surface area (Å²) in [4.78, 5) is 0. The van der Waals surface area contributed by atoms with Crippen LogP contribution in [0.1, 0.15) is 0 Å². The topological polar surface area (TPSA) is 0 Å². The maximum absolute atomic E-state index is 3.73. The number of benzene rings is 9. The van der Waals surface area contributed by atoms with E-state index in [1.54, 1.807) is 0 Å². The van der Waals surface area contributed by atoms with Crippen molar-refractivity contribution in [3.05, 3.63) is 229 Å². The highest BCUT2D eigenvalue weighted by molar-refractivity contribution is 5.84. The standard InChI is InChI=1S/4C10H8.C8H8/c4*1-2-6-10-8-4-3-7-9(10)5-1;1-7-3-5-8(2)6-4-7/h4*1-8H;3-6H,1-2H2. The third-order valence-electron chi connectivity index (χ3n) is 7.66. The van der Waals surface area contributed by atoms with Crippen molar-refractivity contribution in [3.63, 3.8) is 0 Å². The molecule has 0 saturated carbocycles. The molecule has 0 aliphatic carbocycles. The minimum absolute atomic E-state index is 1.04. The van der Waals surface area contributed by atoms with Crippen LogP contribution in [0.15, 0.2) is 218 Å². The van der Waals surface area contributed by atoms with Gasteiger partial charge in [0.1, 0.15) is 0 Å². The van der Waals surface area contributed by atoms with Crippen LogP contribution in [0.4, 0.5) is 0 Å². The van der Waals surface area contributed by atoms with E-state index in [1.807, 2.05) is 24.3 Å². The van der Waals surface area contributed by atoms with Crippen LogP contribution in [0.2, 0.25) is 0 Å². The van der Waals surface area contributed by atoms with Gasteiger partial charge in [-0.1, -0.05) is 232 Å². The first-order valence-electron chi connectivity index (χ1n) is 16.1. The van der Waals surface area contributed by atoms with Crippen LogP contribution in [0, 0.1) is 0 Å². The van der Waals surface area contributed by atoms with E-state index in [9.17, 15) is 0 Å². The van der Waals surface area contributed by atoms with Crippen molar-refractivity contribution < 1.29 is 0 Å². The second-order valence-corrected chi connectivity index (χ2v) is 11.2. The first-order valence-corrected chi connectivity index (χ1v) is 16.1. The molecule has 0 aliphatic heterocycles. The summed E-state index contributed by atoms with van der Waals surface area (Å²) in [7, 11) is 0. The maximum Gasteiger partial charge on any atom is -0.0184 e. The molecule has 9 aromatic carbocycles. The van der Waals surface area contributed by atoms with Crippen molar-refractivity contribution in [2.24, 2.45) is 0 Å². The van der Waals surface area contributed by atoms with Crippen molar-refractivity contribution in [2.75, 3.05) is 0 Å². The summed E-state index contributed by atoms with van der Waals surface area (Å²) in [5.74, 6) is 0. The highest BCUT2D eigenvalue weighted by Crippen LogP contribution is 2.13. The van der Waals surface area contributed by atoms with Gasteiger partial charge in [-0.2, -0.15) is 0 Å². The average molecular weight is 617 g/mol. The second-order valence-electron chi connectivity index (χ2n) is 11.2. The Bertz CT molecular complexity index is 1810. The lowest BCUT2D eigenvalue weighted by molar-refractivity contribution is 1.57. The molecular weight excluding hydrogens is 577 g/mol. The van der Waals surface area contributed by atoms with Crippen molar-refractivity contribution in [2.45, 2.75) is 0 Å². The lowest BCUT2D eigenvalue weighted by Gasteiger charge is -1.92. The molecule has 0 heterocycles. The van der Waals surface area contributed by atoms with E-state index in [1.165, 1.54) is 43.1 Å². The molecule has 0 N–H and O–H groups in total. The summed E-state index contributed by atoms with van der Waals surface area (Å²) in [6.45, 7) is 7.47. The molecule has 0 heteroatoms. The van der Waals surface area contributed by atoms with Crippen LogP contribution in [-0.4, -0.2) is 0 Å². The smallest absolute Gasteiger partial charge is 0.0184 e. The lowest BCUT2D eigenvalue weighted by Crippen LogP contribution is -2.02. The predicted molar refractivity (Wildman–Crippen MR) is 213 cm³/mol. The SMILES string of the molecule is C=c1ccc(=C)cc1.c1ccc2ccccc2c1.c1ccc2ccccc2c1.c1ccc2ccccc2c1.c1ccc2ccccc2c1. The van der Waals surface area contributed by atoms with E-state index in [-0.39, 0.29) is 0 Å². The van der Waals surface area contributed by atoms with Crippen LogP contribution in [0.3, 0.4) is 0 Å². The summed E-state index contributed by atoms with van der Waals surface area (Å²) in [6, 6.07) is 74.6. The average Bonchev–Trinajstić information content (AvgIpc) is 3.17. The van der Waals surface area contributed by atoms with E-state index in [0.717, 1.165) is 10.4 Å².